The standard InChI is InChI=1S/C10H13NO6S2/c1-5-9(2-8(18-5)10(14)15)19(16,17)11-3-6(12)7(13)4-11/h2,6-7,12-13H,3-4H2,1H3,(H,14,15)/t6-,7+. The van der Waals surface area contributed by atoms with E-state index >= 15 is 0 Å². The van der Waals surface area contributed by atoms with E-state index in [2.05, 4.69) is 0 Å². The number of aliphatic hydroxyl groups is 2. The summed E-state index contributed by atoms with van der Waals surface area (Å²) in [6.45, 7) is 1.13. The number of aryl methyl sites for hydroxylation is 1. The summed E-state index contributed by atoms with van der Waals surface area (Å²) in [7, 11) is -3.89. The van der Waals surface area contributed by atoms with E-state index in [1.807, 2.05) is 0 Å². The first-order valence-electron chi connectivity index (χ1n) is 5.43. The first kappa shape index (κ1) is 14.4. The molecule has 0 radical (unpaired) electrons. The number of rotatable bonds is 3. The molecule has 7 nitrogen and oxygen atoms in total. The predicted molar refractivity (Wildman–Crippen MR) is 66.8 cm³/mol. The Morgan fingerprint density at radius 1 is 1.37 bits per heavy atom. The fourth-order valence-electron chi connectivity index (χ4n) is 1.90. The number of aromatic carboxylic acids is 1. The molecule has 106 valence electrons. The molecule has 19 heavy (non-hydrogen) atoms. The quantitative estimate of drug-likeness (QED) is 0.692. The summed E-state index contributed by atoms with van der Waals surface area (Å²) in [6.07, 6.45) is -2.24. The Morgan fingerprint density at radius 2 is 1.89 bits per heavy atom. The van der Waals surface area contributed by atoms with Crippen molar-refractivity contribution in [3.05, 3.63) is 15.8 Å². The minimum atomic E-state index is -3.89. The lowest BCUT2D eigenvalue weighted by Gasteiger charge is -2.15. The highest BCUT2D eigenvalue weighted by molar-refractivity contribution is 7.89. The van der Waals surface area contributed by atoms with Gasteiger partial charge in [-0.25, -0.2) is 13.2 Å². The second-order valence-corrected chi connectivity index (χ2v) is 7.46. The lowest BCUT2D eigenvalue weighted by atomic mass is 10.3. The van der Waals surface area contributed by atoms with Crippen LogP contribution in [0.3, 0.4) is 0 Å². The third kappa shape index (κ3) is 2.51. The molecule has 0 aromatic carbocycles. The third-order valence-electron chi connectivity index (χ3n) is 2.93. The molecule has 2 atom stereocenters. The SMILES string of the molecule is Cc1sc(C(=O)O)cc1S(=O)(=O)N1C[C@@H](O)[C@@H](O)C1. The van der Waals surface area contributed by atoms with Crippen LogP contribution in [0.5, 0.6) is 0 Å². The second kappa shape index (κ2) is 4.84. The van der Waals surface area contributed by atoms with Crippen LogP contribution in [-0.4, -0.2) is 59.3 Å². The third-order valence-corrected chi connectivity index (χ3v) is 6.05. The highest BCUT2D eigenvalue weighted by Crippen LogP contribution is 2.30. The van der Waals surface area contributed by atoms with Crippen molar-refractivity contribution in [1.82, 2.24) is 4.31 Å². The first-order chi connectivity index (χ1) is 8.73. The van der Waals surface area contributed by atoms with Crippen molar-refractivity contribution >= 4 is 27.3 Å². The van der Waals surface area contributed by atoms with Crippen molar-refractivity contribution in [3.8, 4) is 0 Å². The van der Waals surface area contributed by atoms with Crippen LogP contribution in [0.2, 0.25) is 0 Å². The van der Waals surface area contributed by atoms with E-state index in [-0.39, 0.29) is 22.9 Å². The van der Waals surface area contributed by atoms with Crippen molar-refractivity contribution in [2.24, 2.45) is 0 Å². The summed E-state index contributed by atoms with van der Waals surface area (Å²) in [6, 6.07) is 1.11. The highest BCUT2D eigenvalue weighted by Gasteiger charge is 2.38. The topological polar surface area (TPSA) is 115 Å². The molecule has 3 N–H and O–H groups in total. The zero-order valence-electron chi connectivity index (χ0n) is 9.98. The summed E-state index contributed by atoms with van der Waals surface area (Å²) < 4.78 is 25.6. The van der Waals surface area contributed by atoms with Gasteiger partial charge in [-0.05, 0) is 13.0 Å². The van der Waals surface area contributed by atoms with Crippen molar-refractivity contribution in [2.75, 3.05) is 13.1 Å². The average Bonchev–Trinajstić information content (AvgIpc) is 2.84. The van der Waals surface area contributed by atoms with Crippen LogP contribution in [0.1, 0.15) is 14.5 Å². The Kier molecular flexibility index (Phi) is 3.67. The second-order valence-electron chi connectivity index (χ2n) is 4.29. The Bertz CT molecular complexity index is 598. The number of nitrogens with zero attached hydrogens (tertiary/aromatic N) is 1. The van der Waals surface area contributed by atoms with Gasteiger partial charge in [0.05, 0.1) is 17.1 Å². The molecule has 1 aliphatic rings. The van der Waals surface area contributed by atoms with Crippen molar-refractivity contribution in [1.29, 1.82) is 0 Å². The number of hydrogen-bond donors (Lipinski definition) is 3. The molecule has 1 fully saturated rings. The number of sulfonamides is 1. The van der Waals surface area contributed by atoms with Gasteiger partial charge in [-0.2, -0.15) is 4.31 Å². The number of thiophene rings is 1. The molecule has 0 unspecified atom stereocenters. The monoisotopic (exact) mass is 307 g/mol. The lowest BCUT2D eigenvalue weighted by molar-refractivity contribution is 0.0572. The molecular weight excluding hydrogens is 294 g/mol. The van der Waals surface area contributed by atoms with Gasteiger partial charge in [0.15, 0.2) is 0 Å². The van der Waals surface area contributed by atoms with E-state index < -0.39 is 28.2 Å². The smallest absolute Gasteiger partial charge is 0.345 e. The Hall–Kier alpha value is -1.00. The van der Waals surface area contributed by atoms with E-state index in [0.717, 1.165) is 21.7 Å². The summed E-state index contributed by atoms with van der Waals surface area (Å²) in [5.41, 5.74) is 0. The van der Waals surface area contributed by atoms with Gasteiger partial charge in [0.25, 0.3) is 0 Å². The molecule has 1 aliphatic heterocycles. The molecular formula is C10H13NO6S2. The molecule has 2 rings (SSSR count). The summed E-state index contributed by atoms with van der Waals surface area (Å²) in [4.78, 5) is 11.1. The van der Waals surface area contributed by atoms with Crippen molar-refractivity contribution < 1.29 is 28.5 Å². The maximum absolute atomic E-state index is 12.3. The van der Waals surface area contributed by atoms with Crippen LogP contribution >= 0.6 is 11.3 Å². The zero-order chi connectivity index (χ0) is 14.4. The summed E-state index contributed by atoms with van der Waals surface area (Å²) in [5.74, 6) is -1.18. The van der Waals surface area contributed by atoms with Crippen LogP contribution < -0.4 is 0 Å². The van der Waals surface area contributed by atoms with E-state index in [4.69, 9.17) is 5.11 Å². The van der Waals surface area contributed by atoms with Crippen LogP contribution in [-0.2, 0) is 10.0 Å². The molecule has 1 aromatic rings. The zero-order valence-corrected chi connectivity index (χ0v) is 11.6. The minimum Gasteiger partial charge on any atom is -0.477 e. The molecule has 2 heterocycles. The summed E-state index contributed by atoms with van der Waals surface area (Å²) >= 11 is 0.879. The first-order valence-corrected chi connectivity index (χ1v) is 7.69. The number of hydrogen-bond acceptors (Lipinski definition) is 6. The Balaban J connectivity index is 2.38. The van der Waals surface area contributed by atoms with E-state index in [0.29, 0.717) is 4.88 Å². The van der Waals surface area contributed by atoms with Crippen LogP contribution in [0.15, 0.2) is 11.0 Å². The van der Waals surface area contributed by atoms with Gasteiger partial charge in [-0.15, -0.1) is 11.3 Å². The van der Waals surface area contributed by atoms with Gasteiger partial charge in [-0.1, -0.05) is 0 Å². The van der Waals surface area contributed by atoms with E-state index in [1.165, 1.54) is 6.92 Å². The normalized spacial score (nSPS) is 24.8. The number of carbonyl (C=O) groups is 1. The number of β-amino-alcohol motifs (C(OH)–C–C–N with tert-alkyl or cyclic N) is 2. The fraction of sp³-hybridized carbons (Fsp3) is 0.500. The number of carboxylic acids is 1. The van der Waals surface area contributed by atoms with E-state index in [1.54, 1.807) is 0 Å². The molecule has 1 saturated heterocycles. The van der Waals surface area contributed by atoms with Gasteiger partial charge in [0, 0.05) is 18.0 Å². The van der Waals surface area contributed by atoms with E-state index in [9.17, 15) is 23.4 Å². The molecule has 0 amide bonds. The van der Waals surface area contributed by atoms with Crippen LogP contribution in [0, 0.1) is 6.92 Å². The van der Waals surface area contributed by atoms with Crippen LogP contribution in [0.4, 0.5) is 0 Å². The largest absolute Gasteiger partial charge is 0.477 e. The Labute approximate surface area is 113 Å². The minimum absolute atomic E-state index is 0.0589. The van der Waals surface area contributed by atoms with Gasteiger partial charge in [0.1, 0.15) is 4.88 Å². The Morgan fingerprint density at radius 3 is 2.32 bits per heavy atom. The molecule has 0 spiro atoms. The predicted octanol–water partition coefficient (Wildman–Crippen LogP) is -0.519. The molecule has 0 bridgehead atoms. The van der Waals surface area contributed by atoms with Crippen molar-refractivity contribution in [2.45, 2.75) is 24.0 Å². The fourth-order valence-corrected chi connectivity index (χ4v) is 4.77. The maximum atomic E-state index is 12.3. The maximum Gasteiger partial charge on any atom is 0.345 e. The molecule has 0 aliphatic carbocycles. The van der Waals surface area contributed by atoms with Gasteiger partial charge in [-0.3, -0.25) is 0 Å². The average molecular weight is 307 g/mol. The number of carboxylic acid groups (broad SMARTS) is 1. The van der Waals surface area contributed by atoms with Gasteiger partial charge in [0.2, 0.25) is 10.0 Å². The van der Waals surface area contributed by atoms with Crippen molar-refractivity contribution in [3.63, 3.8) is 0 Å². The summed E-state index contributed by atoms with van der Waals surface area (Å²) in [5, 5.41) is 27.6. The molecule has 1 aromatic heterocycles. The van der Waals surface area contributed by atoms with Crippen LogP contribution in [0.25, 0.3) is 0 Å². The molecule has 9 heteroatoms. The highest BCUT2D eigenvalue weighted by atomic mass is 32.2. The molecule has 0 saturated carbocycles. The van der Waals surface area contributed by atoms with Gasteiger partial charge < -0.3 is 15.3 Å². The van der Waals surface area contributed by atoms with Gasteiger partial charge >= 0.3 is 5.97 Å². The lowest BCUT2D eigenvalue weighted by Crippen LogP contribution is -2.30. The number of aliphatic hydroxyl groups excluding tert-OH is 2.